The van der Waals surface area contributed by atoms with Crippen LogP contribution in [0.5, 0.6) is 17.2 Å². The van der Waals surface area contributed by atoms with Crippen molar-refractivity contribution in [2.24, 2.45) is 0 Å². The van der Waals surface area contributed by atoms with E-state index < -0.39 is 6.09 Å². The fraction of sp³-hybridized carbons (Fsp3) is 0.0952. The van der Waals surface area contributed by atoms with Crippen LogP contribution >= 0.6 is 0 Å². The van der Waals surface area contributed by atoms with Crippen molar-refractivity contribution in [3.8, 4) is 17.2 Å². The van der Waals surface area contributed by atoms with Gasteiger partial charge in [0.05, 0.1) is 17.6 Å². The molecule has 0 aliphatic carbocycles. The predicted octanol–water partition coefficient (Wildman–Crippen LogP) is 3.75. The number of hydrogen-bond acceptors (Lipinski definition) is 5. The second kappa shape index (κ2) is 6.52. The Morgan fingerprint density at radius 2 is 2.00 bits per heavy atom. The van der Waals surface area contributed by atoms with Gasteiger partial charge >= 0.3 is 6.09 Å². The molecule has 0 spiro atoms. The van der Waals surface area contributed by atoms with Crippen LogP contribution in [0.3, 0.4) is 0 Å². The molecule has 29 heavy (non-hydrogen) atoms. The highest BCUT2D eigenvalue weighted by molar-refractivity contribution is 6.07. The number of carbonyl (C=O) groups is 1. The van der Waals surface area contributed by atoms with Crippen molar-refractivity contribution in [2.75, 3.05) is 18.1 Å². The maximum Gasteiger partial charge on any atom is 0.412 e. The Hall–Kier alpha value is -4.07. The Kier molecular flexibility index (Phi) is 3.83. The third kappa shape index (κ3) is 2.82. The number of hydrogen-bond donors (Lipinski definition) is 2. The summed E-state index contributed by atoms with van der Waals surface area (Å²) in [4.78, 5) is 32.0. The molecule has 8 heteroatoms. The fourth-order valence-corrected chi connectivity index (χ4v) is 3.55. The zero-order chi connectivity index (χ0) is 20.0. The summed E-state index contributed by atoms with van der Waals surface area (Å²) in [6.45, 7) is 0.545. The van der Waals surface area contributed by atoms with E-state index in [1.807, 2.05) is 12.1 Å². The van der Waals surface area contributed by atoms with Crippen LogP contribution in [0.2, 0.25) is 0 Å². The van der Waals surface area contributed by atoms with Crippen LogP contribution in [-0.2, 0) is 0 Å². The van der Waals surface area contributed by atoms with Gasteiger partial charge in [0, 0.05) is 23.0 Å². The minimum absolute atomic E-state index is 0.214. The Labute approximate surface area is 163 Å². The third-order valence-electron chi connectivity index (χ3n) is 4.84. The number of ether oxygens (including phenoxy) is 2. The van der Waals surface area contributed by atoms with Crippen LogP contribution in [0.25, 0.3) is 21.8 Å². The summed E-state index contributed by atoms with van der Waals surface area (Å²) in [6, 6.07) is 14.0. The maximum atomic E-state index is 12.3. The molecule has 0 bridgehead atoms. The number of H-pyrrole nitrogens is 1. The smallest absolute Gasteiger partial charge is 0.412 e. The number of fused-ring (bicyclic) bond motifs is 4. The number of nitrogens with one attached hydrogen (secondary N) is 1. The second-order valence-electron chi connectivity index (χ2n) is 6.55. The van der Waals surface area contributed by atoms with Crippen molar-refractivity contribution < 1.29 is 19.4 Å². The molecule has 1 aliphatic heterocycles. The van der Waals surface area contributed by atoms with Gasteiger partial charge in [-0.05, 0) is 24.3 Å². The van der Waals surface area contributed by atoms with Crippen LogP contribution < -0.4 is 19.9 Å². The zero-order valence-electron chi connectivity index (χ0n) is 15.1. The molecule has 0 radical (unpaired) electrons. The van der Waals surface area contributed by atoms with Gasteiger partial charge in [0.1, 0.15) is 29.5 Å². The van der Waals surface area contributed by atoms with Gasteiger partial charge in [0.2, 0.25) is 0 Å². The number of aromatic amines is 1. The van der Waals surface area contributed by atoms with E-state index in [0.717, 1.165) is 5.39 Å². The Morgan fingerprint density at radius 3 is 2.83 bits per heavy atom. The van der Waals surface area contributed by atoms with Crippen LogP contribution in [0.15, 0.2) is 59.5 Å². The fourth-order valence-electron chi connectivity index (χ4n) is 3.55. The van der Waals surface area contributed by atoms with E-state index in [0.29, 0.717) is 39.4 Å². The maximum absolute atomic E-state index is 12.3. The Balaban J connectivity index is 1.62. The van der Waals surface area contributed by atoms with E-state index in [-0.39, 0.29) is 18.7 Å². The van der Waals surface area contributed by atoms with Crippen LogP contribution in [0.1, 0.15) is 0 Å². The largest absolute Gasteiger partial charge is 0.489 e. The van der Waals surface area contributed by atoms with E-state index in [2.05, 4.69) is 9.97 Å². The minimum Gasteiger partial charge on any atom is -0.489 e. The first-order valence-electron chi connectivity index (χ1n) is 8.97. The molecular formula is C21H15N3O5. The summed E-state index contributed by atoms with van der Waals surface area (Å²) < 4.78 is 11.7. The van der Waals surface area contributed by atoms with E-state index in [4.69, 9.17) is 9.47 Å². The van der Waals surface area contributed by atoms with Crippen molar-refractivity contribution in [3.05, 3.63) is 65.1 Å². The molecule has 0 saturated carbocycles. The lowest BCUT2D eigenvalue weighted by Crippen LogP contribution is -2.36. The van der Waals surface area contributed by atoms with Crippen LogP contribution in [-0.4, -0.2) is 34.3 Å². The summed E-state index contributed by atoms with van der Waals surface area (Å²) in [5.41, 5.74) is 0.691. The summed E-state index contributed by atoms with van der Waals surface area (Å²) in [5.74, 6) is 1.44. The van der Waals surface area contributed by atoms with Crippen LogP contribution in [0, 0.1) is 0 Å². The number of rotatable bonds is 2. The molecule has 2 aromatic heterocycles. The van der Waals surface area contributed by atoms with Gasteiger partial charge in [-0.3, -0.25) is 9.69 Å². The lowest BCUT2D eigenvalue weighted by Gasteiger charge is -2.27. The average Bonchev–Trinajstić information content (AvgIpc) is 2.73. The molecule has 2 aromatic carbocycles. The number of benzene rings is 2. The molecule has 0 atom stereocenters. The van der Waals surface area contributed by atoms with Gasteiger partial charge in [0.25, 0.3) is 5.56 Å². The number of anilines is 1. The predicted molar refractivity (Wildman–Crippen MR) is 107 cm³/mol. The molecule has 8 nitrogen and oxygen atoms in total. The number of amides is 1. The number of pyridine rings is 2. The van der Waals surface area contributed by atoms with Gasteiger partial charge in [-0.15, -0.1) is 0 Å². The van der Waals surface area contributed by atoms with Gasteiger partial charge in [-0.1, -0.05) is 18.2 Å². The Bertz CT molecular complexity index is 1330. The average molecular weight is 389 g/mol. The van der Waals surface area contributed by atoms with Crippen LogP contribution in [0.4, 0.5) is 10.5 Å². The summed E-state index contributed by atoms with van der Waals surface area (Å²) in [6.07, 6.45) is 0.530. The molecule has 0 fully saturated rings. The highest BCUT2D eigenvalue weighted by atomic mass is 16.5. The van der Waals surface area contributed by atoms with Gasteiger partial charge in [-0.25, -0.2) is 9.78 Å². The van der Waals surface area contributed by atoms with Gasteiger partial charge < -0.3 is 19.6 Å². The molecule has 3 heterocycles. The first-order valence-corrected chi connectivity index (χ1v) is 8.97. The quantitative estimate of drug-likeness (QED) is 0.506. The van der Waals surface area contributed by atoms with Gasteiger partial charge in [-0.2, -0.15) is 0 Å². The molecular weight excluding hydrogens is 374 g/mol. The monoisotopic (exact) mass is 389 g/mol. The van der Waals surface area contributed by atoms with E-state index in [9.17, 15) is 14.7 Å². The molecule has 0 saturated heterocycles. The van der Waals surface area contributed by atoms with Gasteiger partial charge in [0.15, 0.2) is 0 Å². The highest BCUT2D eigenvalue weighted by Crippen LogP contribution is 2.38. The summed E-state index contributed by atoms with van der Waals surface area (Å²) in [5, 5.41) is 11.3. The third-order valence-corrected chi connectivity index (χ3v) is 4.84. The van der Waals surface area contributed by atoms with E-state index in [1.54, 1.807) is 42.6 Å². The zero-order valence-corrected chi connectivity index (χ0v) is 15.1. The molecule has 2 N–H and O–H groups in total. The minimum atomic E-state index is -1.03. The van der Waals surface area contributed by atoms with Crippen molar-refractivity contribution in [3.63, 3.8) is 0 Å². The standard InChI is InChI=1S/C21H15N3O5/c25-20-14-4-2-1-3-13(14)18-16(7-8-22-19(18)23-20)29-12-5-6-15-17(11-12)28-10-9-24(15)21(26)27/h1-8,11H,9-10H2,(H,26,27)(H,22,23,25). The van der Waals surface area contributed by atoms with Crippen molar-refractivity contribution >= 4 is 33.6 Å². The summed E-state index contributed by atoms with van der Waals surface area (Å²) >= 11 is 0. The first kappa shape index (κ1) is 17.1. The second-order valence-corrected chi connectivity index (χ2v) is 6.55. The SMILES string of the molecule is O=C(O)N1CCOc2cc(Oc3ccnc4[nH]c(=O)c5ccccc5c34)ccc21. The van der Waals surface area contributed by atoms with E-state index in [1.165, 1.54) is 4.90 Å². The Morgan fingerprint density at radius 1 is 1.17 bits per heavy atom. The molecule has 5 rings (SSSR count). The highest BCUT2D eigenvalue weighted by Gasteiger charge is 2.24. The molecule has 1 amide bonds. The van der Waals surface area contributed by atoms with Crippen molar-refractivity contribution in [1.82, 2.24) is 9.97 Å². The molecule has 0 unspecified atom stereocenters. The lowest BCUT2D eigenvalue weighted by molar-refractivity contribution is 0.196. The topological polar surface area (TPSA) is 105 Å². The van der Waals surface area contributed by atoms with E-state index >= 15 is 0 Å². The lowest BCUT2D eigenvalue weighted by atomic mass is 10.1. The normalized spacial score (nSPS) is 13.2. The molecule has 4 aromatic rings. The van der Waals surface area contributed by atoms with Crippen molar-refractivity contribution in [1.29, 1.82) is 0 Å². The summed E-state index contributed by atoms with van der Waals surface area (Å²) in [7, 11) is 0. The number of aromatic nitrogens is 2. The van der Waals surface area contributed by atoms with Crippen molar-refractivity contribution in [2.45, 2.75) is 0 Å². The molecule has 1 aliphatic rings. The number of carboxylic acid groups (broad SMARTS) is 1. The number of nitrogens with zero attached hydrogens (tertiary/aromatic N) is 2. The molecule has 144 valence electrons. The first-order chi connectivity index (χ1) is 14.1.